The first kappa shape index (κ1) is 16.3. The van der Waals surface area contributed by atoms with Crippen LogP contribution < -0.4 is 0 Å². The van der Waals surface area contributed by atoms with Gasteiger partial charge in [0, 0.05) is 45.7 Å². The molecule has 2 saturated heterocycles. The summed E-state index contributed by atoms with van der Waals surface area (Å²) < 4.78 is 1.55. The predicted molar refractivity (Wildman–Crippen MR) is 82.5 cm³/mol. The Morgan fingerprint density at radius 3 is 2.74 bits per heavy atom. The first-order valence-corrected chi connectivity index (χ1v) is 8.16. The van der Waals surface area contributed by atoms with Gasteiger partial charge < -0.3 is 14.9 Å². The van der Waals surface area contributed by atoms with E-state index in [1.807, 2.05) is 0 Å². The molecule has 2 aliphatic rings. The van der Waals surface area contributed by atoms with E-state index in [4.69, 9.17) is 0 Å². The van der Waals surface area contributed by atoms with Crippen molar-refractivity contribution < 1.29 is 9.90 Å². The molecule has 2 aliphatic heterocycles. The smallest absolute Gasteiger partial charge is 0.224 e. The minimum atomic E-state index is -0.777. The third-order valence-electron chi connectivity index (χ3n) is 4.75. The number of hydrogen-bond donors (Lipinski definition) is 1. The van der Waals surface area contributed by atoms with E-state index in [0.29, 0.717) is 39.0 Å². The van der Waals surface area contributed by atoms with Crippen molar-refractivity contribution in [1.29, 1.82) is 0 Å². The molecule has 1 amide bonds. The van der Waals surface area contributed by atoms with Crippen molar-refractivity contribution in [3.63, 3.8) is 0 Å². The third-order valence-corrected chi connectivity index (χ3v) is 4.75. The Balaban J connectivity index is 1.45. The molecule has 0 bridgehead atoms. The predicted octanol–water partition coefficient (Wildman–Crippen LogP) is -1.73. The summed E-state index contributed by atoms with van der Waals surface area (Å²) in [6, 6.07) is 0. The fourth-order valence-electron chi connectivity index (χ4n) is 3.27. The molecule has 0 aromatic carbocycles. The molecule has 1 aromatic rings. The fourth-order valence-corrected chi connectivity index (χ4v) is 3.27. The van der Waals surface area contributed by atoms with E-state index in [1.54, 1.807) is 9.58 Å². The van der Waals surface area contributed by atoms with Gasteiger partial charge in [-0.05, 0) is 23.9 Å². The zero-order valence-corrected chi connectivity index (χ0v) is 13.6. The molecule has 1 atom stereocenters. The first-order valence-electron chi connectivity index (χ1n) is 8.16. The molecule has 1 aromatic heterocycles. The second-order valence-electron chi connectivity index (χ2n) is 6.69. The molecule has 9 heteroatoms. The molecule has 9 nitrogen and oxygen atoms in total. The largest absolute Gasteiger partial charge is 0.387 e. The van der Waals surface area contributed by atoms with Crippen LogP contribution in [0.3, 0.4) is 0 Å². The standard InChI is InChI=1S/C14H25N7O2/c1-18-6-8-19(9-7-18)10-14(23)3-5-20(11-14)13(22)2-4-21-12-15-16-17-21/h12,23H,2-11H2,1H3. The van der Waals surface area contributed by atoms with Gasteiger partial charge in [-0.1, -0.05) is 0 Å². The lowest BCUT2D eigenvalue weighted by atomic mass is 10.0. The quantitative estimate of drug-likeness (QED) is 0.689. The highest BCUT2D eigenvalue weighted by Crippen LogP contribution is 2.23. The molecule has 3 rings (SSSR count). The van der Waals surface area contributed by atoms with Crippen molar-refractivity contribution in [2.24, 2.45) is 0 Å². The number of aromatic nitrogens is 4. The van der Waals surface area contributed by atoms with Crippen molar-refractivity contribution in [2.45, 2.75) is 25.0 Å². The topological polar surface area (TPSA) is 90.6 Å². The molecular weight excluding hydrogens is 298 g/mol. The number of piperazine rings is 1. The van der Waals surface area contributed by atoms with Gasteiger partial charge >= 0.3 is 0 Å². The summed E-state index contributed by atoms with van der Waals surface area (Å²) in [5, 5.41) is 21.6. The van der Waals surface area contributed by atoms with Gasteiger partial charge in [0.25, 0.3) is 0 Å². The number of nitrogens with zero attached hydrogens (tertiary/aromatic N) is 7. The molecule has 3 heterocycles. The molecular formula is C14H25N7O2. The normalized spacial score (nSPS) is 26.8. The Bertz CT molecular complexity index is 515. The maximum Gasteiger partial charge on any atom is 0.224 e. The van der Waals surface area contributed by atoms with Gasteiger partial charge in [-0.25, -0.2) is 4.68 Å². The van der Waals surface area contributed by atoms with E-state index in [0.717, 1.165) is 26.2 Å². The van der Waals surface area contributed by atoms with Crippen LogP contribution in [0.15, 0.2) is 6.33 Å². The van der Waals surface area contributed by atoms with Crippen LogP contribution in [0.25, 0.3) is 0 Å². The Morgan fingerprint density at radius 1 is 1.26 bits per heavy atom. The minimum absolute atomic E-state index is 0.0507. The van der Waals surface area contributed by atoms with Crippen molar-refractivity contribution in [3.05, 3.63) is 6.33 Å². The lowest BCUT2D eigenvalue weighted by Gasteiger charge is -2.36. The highest BCUT2D eigenvalue weighted by molar-refractivity contribution is 5.76. The van der Waals surface area contributed by atoms with E-state index >= 15 is 0 Å². The Kier molecular flexibility index (Phi) is 4.88. The molecule has 0 spiro atoms. The van der Waals surface area contributed by atoms with Gasteiger partial charge in [-0.2, -0.15) is 0 Å². The van der Waals surface area contributed by atoms with Crippen molar-refractivity contribution in [1.82, 2.24) is 34.9 Å². The Morgan fingerprint density at radius 2 is 2.04 bits per heavy atom. The lowest BCUT2D eigenvalue weighted by molar-refractivity contribution is -0.131. The second kappa shape index (κ2) is 6.90. The first-order chi connectivity index (χ1) is 11.0. The van der Waals surface area contributed by atoms with Crippen LogP contribution in [0.4, 0.5) is 0 Å². The number of carbonyl (C=O) groups excluding carboxylic acids is 1. The van der Waals surface area contributed by atoms with E-state index in [2.05, 4.69) is 32.4 Å². The minimum Gasteiger partial charge on any atom is -0.387 e. The van der Waals surface area contributed by atoms with Gasteiger partial charge in [-0.3, -0.25) is 9.69 Å². The van der Waals surface area contributed by atoms with Gasteiger partial charge in [0.2, 0.25) is 5.91 Å². The van der Waals surface area contributed by atoms with Crippen LogP contribution in [0, 0.1) is 0 Å². The Labute approximate surface area is 135 Å². The van der Waals surface area contributed by atoms with Crippen LogP contribution in [-0.2, 0) is 11.3 Å². The number of tetrazole rings is 1. The van der Waals surface area contributed by atoms with Gasteiger partial charge in [-0.15, -0.1) is 5.10 Å². The van der Waals surface area contributed by atoms with Crippen LogP contribution in [0.5, 0.6) is 0 Å². The molecule has 2 fully saturated rings. The van der Waals surface area contributed by atoms with Crippen molar-refractivity contribution in [3.8, 4) is 0 Å². The van der Waals surface area contributed by atoms with Crippen LogP contribution in [-0.4, -0.2) is 104 Å². The number of amides is 1. The zero-order valence-electron chi connectivity index (χ0n) is 13.6. The molecule has 23 heavy (non-hydrogen) atoms. The maximum absolute atomic E-state index is 12.3. The van der Waals surface area contributed by atoms with E-state index in [-0.39, 0.29) is 5.91 Å². The monoisotopic (exact) mass is 323 g/mol. The van der Waals surface area contributed by atoms with Gasteiger partial charge in [0.05, 0.1) is 18.7 Å². The van der Waals surface area contributed by atoms with E-state index in [1.165, 1.54) is 6.33 Å². The number of rotatable bonds is 5. The summed E-state index contributed by atoms with van der Waals surface area (Å²) in [6.45, 7) is 6.19. The lowest BCUT2D eigenvalue weighted by Crippen LogP contribution is -2.52. The van der Waals surface area contributed by atoms with Crippen LogP contribution in [0.2, 0.25) is 0 Å². The molecule has 0 aliphatic carbocycles. The molecule has 0 radical (unpaired) electrons. The van der Waals surface area contributed by atoms with Crippen molar-refractivity contribution in [2.75, 3.05) is 52.9 Å². The average Bonchev–Trinajstić information content (AvgIpc) is 3.17. The highest BCUT2D eigenvalue weighted by atomic mass is 16.3. The molecule has 1 N–H and O–H groups in total. The maximum atomic E-state index is 12.3. The molecule has 0 saturated carbocycles. The summed E-state index contributed by atoms with van der Waals surface area (Å²) in [4.78, 5) is 18.6. The molecule has 1 unspecified atom stereocenters. The van der Waals surface area contributed by atoms with E-state index < -0.39 is 5.60 Å². The number of β-amino-alcohol motifs (C(OH)–C–C–N with tert-alkyl or cyclic N) is 1. The summed E-state index contributed by atoms with van der Waals surface area (Å²) in [6.07, 6.45) is 2.51. The number of carbonyl (C=O) groups is 1. The third kappa shape index (κ3) is 4.24. The Hall–Kier alpha value is -1.58. The van der Waals surface area contributed by atoms with E-state index in [9.17, 15) is 9.90 Å². The van der Waals surface area contributed by atoms with Crippen LogP contribution >= 0.6 is 0 Å². The summed E-state index contributed by atoms with van der Waals surface area (Å²) in [7, 11) is 2.12. The van der Waals surface area contributed by atoms with Crippen LogP contribution in [0.1, 0.15) is 12.8 Å². The number of hydrogen-bond acceptors (Lipinski definition) is 7. The fraction of sp³-hybridized carbons (Fsp3) is 0.857. The highest BCUT2D eigenvalue weighted by Gasteiger charge is 2.39. The van der Waals surface area contributed by atoms with Crippen molar-refractivity contribution >= 4 is 5.91 Å². The average molecular weight is 323 g/mol. The number of likely N-dealkylation sites (tertiary alicyclic amines) is 1. The summed E-state index contributed by atoms with van der Waals surface area (Å²) in [5.74, 6) is 0.0507. The zero-order chi connectivity index (χ0) is 16.3. The van der Waals surface area contributed by atoms with Gasteiger partial charge in [0.1, 0.15) is 6.33 Å². The summed E-state index contributed by atoms with van der Waals surface area (Å²) in [5.41, 5.74) is -0.777. The summed E-state index contributed by atoms with van der Waals surface area (Å²) >= 11 is 0. The van der Waals surface area contributed by atoms with Gasteiger partial charge in [0.15, 0.2) is 0 Å². The SMILES string of the molecule is CN1CCN(CC2(O)CCN(C(=O)CCn3cnnn3)C2)CC1. The second-order valence-corrected chi connectivity index (χ2v) is 6.69. The molecule has 128 valence electrons. The number of aliphatic hydroxyl groups is 1. The number of likely N-dealkylation sites (N-methyl/N-ethyl adjacent to an activating group) is 1. The number of aryl methyl sites for hydroxylation is 1.